The second kappa shape index (κ2) is 8.01. The Kier molecular flexibility index (Phi) is 6.03. The molecule has 1 saturated heterocycles. The molecular formula is C17H20N2O4S. The molecule has 1 N–H and O–H groups in total. The summed E-state index contributed by atoms with van der Waals surface area (Å²) >= 11 is 1.22. The van der Waals surface area contributed by atoms with Crippen molar-refractivity contribution in [2.24, 2.45) is 0 Å². The minimum absolute atomic E-state index is 0.134. The third-order valence-corrected chi connectivity index (χ3v) is 4.51. The molecule has 0 unspecified atom stereocenters. The normalized spacial score (nSPS) is 15.7. The first kappa shape index (κ1) is 18.1. The zero-order chi connectivity index (χ0) is 17.7. The molecule has 1 fully saturated rings. The van der Waals surface area contributed by atoms with Crippen molar-refractivity contribution in [3.8, 4) is 0 Å². The number of amides is 2. The van der Waals surface area contributed by atoms with E-state index in [1.54, 1.807) is 6.92 Å². The summed E-state index contributed by atoms with van der Waals surface area (Å²) in [4.78, 5) is 37.2. The molecule has 6 nitrogen and oxygen atoms in total. The van der Waals surface area contributed by atoms with E-state index in [0.717, 1.165) is 16.8 Å². The van der Waals surface area contributed by atoms with Gasteiger partial charge in [-0.05, 0) is 31.9 Å². The average Bonchev–Trinajstić information content (AvgIpc) is 2.84. The Morgan fingerprint density at radius 1 is 1.33 bits per heavy atom. The first-order valence-electron chi connectivity index (χ1n) is 7.60. The number of nitrogens with zero attached hydrogens (tertiary/aromatic N) is 1. The Balaban J connectivity index is 2.09. The Hall–Kier alpha value is -2.28. The van der Waals surface area contributed by atoms with E-state index in [4.69, 9.17) is 4.74 Å². The molecule has 0 atom stereocenters. The lowest BCUT2D eigenvalue weighted by molar-refractivity contribution is -0.137. The summed E-state index contributed by atoms with van der Waals surface area (Å²) in [6.07, 6.45) is 1.26. The van der Waals surface area contributed by atoms with Crippen LogP contribution in [0.3, 0.4) is 0 Å². The number of benzene rings is 1. The molecule has 7 heteroatoms. The molecule has 1 heterocycles. The van der Waals surface area contributed by atoms with Crippen LogP contribution in [0.25, 0.3) is 0 Å². The van der Waals surface area contributed by atoms with E-state index >= 15 is 0 Å². The molecule has 0 aromatic heterocycles. The third-order valence-electron chi connectivity index (χ3n) is 3.49. The van der Waals surface area contributed by atoms with Gasteiger partial charge in [-0.3, -0.25) is 14.5 Å². The van der Waals surface area contributed by atoms with Crippen LogP contribution in [0, 0.1) is 13.8 Å². The van der Waals surface area contributed by atoms with Crippen molar-refractivity contribution in [1.82, 2.24) is 4.90 Å². The molecule has 1 aliphatic rings. The molecule has 0 spiro atoms. The smallest absolute Gasteiger partial charge is 0.333 e. The van der Waals surface area contributed by atoms with E-state index in [2.05, 4.69) is 5.32 Å². The van der Waals surface area contributed by atoms with Gasteiger partial charge in [0.2, 0.25) is 11.8 Å². The van der Waals surface area contributed by atoms with Crippen LogP contribution in [-0.2, 0) is 19.1 Å². The van der Waals surface area contributed by atoms with Crippen molar-refractivity contribution in [3.05, 3.63) is 40.4 Å². The molecule has 1 aromatic carbocycles. The van der Waals surface area contributed by atoms with Crippen LogP contribution in [0.4, 0.5) is 5.69 Å². The van der Waals surface area contributed by atoms with Gasteiger partial charge < -0.3 is 10.1 Å². The van der Waals surface area contributed by atoms with Crippen molar-refractivity contribution in [3.63, 3.8) is 0 Å². The van der Waals surface area contributed by atoms with Crippen LogP contribution < -0.4 is 5.32 Å². The minimum Gasteiger partial charge on any atom is -0.463 e. The van der Waals surface area contributed by atoms with Crippen LogP contribution >= 0.6 is 11.8 Å². The summed E-state index contributed by atoms with van der Waals surface area (Å²) in [5, 5.41) is 3.28. The highest BCUT2D eigenvalue weighted by molar-refractivity contribution is 8.04. The first-order valence-corrected chi connectivity index (χ1v) is 8.58. The number of hydrogen-bond acceptors (Lipinski definition) is 5. The fraction of sp³-hybridized carbons (Fsp3) is 0.353. The lowest BCUT2D eigenvalue weighted by atomic mass is 10.1. The highest BCUT2D eigenvalue weighted by Gasteiger charge is 2.29. The van der Waals surface area contributed by atoms with Crippen LogP contribution in [0.15, 0.2) is 29.3 Å². The van der Waals surface area contributed by atoms with E-state index in [1.807, 2.05) is 32.0 Å². The van der Waals surface area contributed by atoms with Gasteiger partial charge in [0.05, 0.1) is 23.5 Å². The van der Waals surface area contributed by atoms with Gasteiger partial charge in [0.1, 0.15) is 6.54 Å². The molecule has 1 aromatic rings. The maximum atomic E-state index is 12.3. The predicted octanol–water partition coefficient (Wildman–Crippen LogP) is 2.22. The van der Waals surface area contributed by atoms with Crippen LogP contribution in [0.5, 0.6) is 0 Å². The zero-order valence-corrected chi connectivity index (χ0v) is 14.7. The zero-order valence-electron chi connectivity index (χ0n) is 13.9. The predicted molar refractivity (Wildman–Crippen MR) is 93.4 cm³/mol. The van der Waals surface area contributed by atoms with Gasteiger partial charge in [0, 0.05) is 5.69 Å². The van der Waals surface area contributed by atoms with Gasteiger partial charge in [0.25, 0.3) is 0 Å². The summed E-state index contributed by atoms with van der Waals surface area (Å²) in [7, 11) is 0. The number of nitrogens with one attached hydrogen (secondary N) is 1. The van der Waals surface area contributed by atoms with E-state index in [1.165, 1.54) is 22.7 Å². The van der Waals surface area contributed by atoms with Gasteiger partial charge in [-0.15, -0.1) is 0 Å². The topological polar surface area (TPSA) is 75.7 Å². The van der Waals surface area contributed by atoms with Gasteiger partial charge in [-0.2, -0.15) is 0 Å². The molecule has 0 bridgehead atoms. The number of carbonyl (C=O) groups is 3. The second-order valence-corrected chi connectivity index (χ2v) is 6.31. The van der Waals surface area contributed by atoms with E-state index in [0.29, 0.717) is 5.03 Å². The number of anilines is 1. The highest BCUT2D eigenvalue weighted by atomic mass is 32.2. The van der Waals surface area contributed by atoms with Crippen molar-refractivity contribution in [1.29, 1.82) is 0 Å². The number of thioether (sulfide) groups is 1. The van der Waals surface area contributed by atoms with Gasteiger partial charge in [-0.1, -0.05) is 30.0 Å². The fourth-order valence-corrected chi connectivity index (χ4v) is 3.25. The highest BCUT2D eigenvalue weighted by Crippen LogP contribution is 2.29. The van der Waals surface area contributed by atoms with Crippen molar-refractivity contribution in [2.75, 3.05) is 24.2 Å². The number of ether oxygens (including phenoxy) is 1. The Bertz CT molecular complexity index is 680. The molecular weight excluding hydrogens is 328 g/mol. The molecule has 0 aliphatic carbocycles. The SMILES string of the molecule is CCOC(=O)/C=C1\SCC(=O)N1CC(=O)Nc1c(C)cccc1C. The number of carbonyl (C=O) groups excluding carboxylic acids is 3. The summed E-state index contributed by atoms with van der Waals surface area (Å²) in [6.45, 7) is 5.65. The Labute approximate surface area is 145 Å². The molecule has 128 valence electrons. The average molecular weight is 348 g/mol. The summed E-state index contributed by atoms with van der Waals surface area (Å²) in [5.41, 5.74) is 2.65. The van der Waals surface area contributed by atoms with Crippen LogP contribution in [0.2, 0.25) is 0 Å². The number of esters is 1. The van der Waals surface area contributed by atoms with Crippen LogP contribution in [0.1, 0.15) is 18.1 Å². The summed E-state index contributed by atoms with van der Waals surface area (Å²) in [5.74, 6) is -0.817. The summed E-state index contributed by atoms with van der Waals surface area (Å²) in [6, 6.07) is 5.73. The van der Waals surface area contributed by atoms with E-state index < -0.39 is 5.97 Å². The van der Waals surface area contributed by atoms with Gasteiger partial charge in [-0.25, -0.2) is 4.79 Å². The van der Waals surface area contributed by atoms with E-state index in [-0.39, 0.29) is 30.7 Å². The maximum Gasteiger partial charge on any atom is 0.333 e. The quantitative estimate of drug-likeness (QED) is 0.652. The Morgan fingerprint density at radius 2 is 2.00 bits per heavy atom. The molecule has 0 saturated carbocycles. The summed E-state index contributed by atoms with van der Waals surface area (Å²) < 4.78 is 4.85. The molecule has 0 radical (unpaired) electrons. The maximum absolute atomic E-state index is 12.3. The van der Waals surface area contributed by atoms with E-state index in [9.17, 15) is 14.4 Å². The third kappa shape index (κ3) is 4.38. The standard InChI is InChI=1S/C17H20N2O4S/c1-4-23-16(22)8-15-19(14(21)10-24-15)9-13(20)18-17-11(2)6-5-7-12(17)3/h5-8H,4,9-10H2,1-3H3,(H,18,20)/b15-8-. The first-order chi connectivity index (χ1) is 11.4. The van der Waals surface area contributed by atoms with Gasteiger partial charge in [0.15, 0.2) is 0 Å². The van der Waals surface area contributed by atoms with Crippen molar-refractivity contribution < 1.29 is 19.1 Å². The Morgan fingerprint density at radius 3 is 2.62 bits per heavy atom. The number of para-hydroxylation sites is 1. The second-order valence-electron chi connectivity index (χ2n) is 5.32. The van der Waals surface area contributed by atoms with Gasteiger partial charge >= 0.3 is 5.97 Å². The lowest BCUT2D eigenvalue weighted by Gasteiger charge is -2.18. The monoisotopic (exact) mass is 348 g/mol. The fourth-order valence-electron chi connectivity index (χ4n) is 2.32. The minimum atomic E-state index is -0.519. The van der Waals surface area contributed by atoms with Crippen molar-refractivity contribution >= 4 is 35.2 Å². The van der Waals surface area contributed by atoms with Crippen LogP contribution in [-0.4, -0.2) is 41.6 Å². The number of rotatable bonds is 5. The molecule has 2 rings (SSSR count). The molecule has 2 amide bonds. The van der Waals surface area contributed by atoms with Crippen molar-refractivity contribution in [2.45, 2.75) is 20.8 Å². The molecule has 1 aliphatic heterocycles. The number of hydrogen-bond donors (Lipinski definition) is 1. The largest absolute Gasteiger partial charge is 0.463 e. The lowest BCUT2D eigenvalue weighted by Crippen LogP contribution is -2.34. The number of aryl methyl sites for hydroxylation is 2. The molecule has 24 heavy (non-hydrogen) atoms.